The molecule has 1 aromatic carbocycles. The second-order valence-corrected chi connectivity index (χ2v) is 4.96. The molecule has 0 aliphatic carbocycles. The molecular formula is C10H12O5S. The first-order chi connectivity index (χ1) is 7.30. The van der Waals surface area contributed by atoms with Crippen molar-refractivity contribution in [2.75, 3.05) is 0 Å². The van der Waals surface area contributed by atoms with Crippen LogP contribution in [0.2, 0.25) is 0 Å². The van der Waals surface area contributed by atoms with E-state index >= 15 is 0 Å². The summed E-state index contributed by atoms with van der Waals surface area (Å²) in [6, 6.07) is 5.50. The fraction of sp³-hybridized carbons (Fsp3) is 0.300. The van der Waals surface area contributed by atoms with Crippen LogP contribution < -0.4 is 0 Å². The molecule has 88 valence electrons. The smallest absolute Gasteiger partial charge is 0.303 e. The van der Waals surface area contributed by atoms with Crippen LogP contribution >= 0.6 is 0 Å². The third-order valence-electron chi connectivity index (χ3n) is 2.23. The monoisotopic (exact) mass is 244 g/mol. The highest BCUT2D eigenvalue weighted by Crippen LogP contribution is 2.20. The molecule has 0 amide bonds. The van der Waals surface area contributed by atoms with Crippen molar-refractivity contribution >= 4 is 16.1 Å². The molecule has 2 N–H and O–H groups in total. The average Bonchev–Trinajstić information content (AvgIpc) is 2.15. The molecule has 0 bridgehead atoms. The number of carboxylic acids is 1. The van der Waals surface area contributed by atoms with Gasteiger partial charge in [0.1, 0.15) is 0 Å². The van der Waals surface area contributed by atoms with Gasteiger partial charge < -0.3 is 5.11 Å². The summed E-state index contributed by atoms with van der Waals surface area (Å²) in [5.41, 5.74) is 0.717. The van der Waals surface area contributed by atoms with Gasteiger partial charge in [-0.3, -0.25) is 9.35 Å². The predicted octanol–water partition coefficient (Wildman–Crippen LogP) is 1.51. The van der Waals surface area contributed by atoms with Crippen molar-refractivity contribution < 1.29 is 22.9 Å². The summed E-state index contributed by atoms with van der Waals surface area (Å²) >= 11 is 0. The molecule has 1 atom stereocenters. The van der Waals surface area contributed by atoms with Crippen LogP contribution in [-0.2, 0) is 14.9 Å². The van der Waals surface area contributed by atoms with Gasteiger partial charge in [0.05, 0.1) is 11.3 Å². The van der Waals surface area contributed by atoms with E-state index in [4.69, 9.17) is 9.66 Å². The first kappa shape index (κ1) is 12.7. The van der Waals surface area contributed by atoms with Crippen LogP contribution in [0.25, 0.3) is 0 Å². The molecule has 0 saturated carbocycles. The molecule has 1 unspecified atom stereocenters. The number of carboxylic acid groups (broad SMARTS) is 1. The molecule has 6 heteroatoms. The fourth-order valence-corrected chi connectivity index (χ4v) is 1.83. The molecule has 0 saturated heterocycles. The summed E-state index contributed by atoms with van der Waals surface area (Å²) in [5, 5.41) is 8.59. The van der Waals surface area contributed by atoms with E-state index in [0.717, 1.165) is 5.56 Å². The largest absolute Gasteiger partial charge is 0.481 e. The van der Waals surface area contributed by atoms with Crippen molar-refractivity contribution in [3.63, 3.8) is 0 Å². The molecule has 1 aromatic rings. The summed E-state index contributed by atoms with van der Waals surface area (Å²) in [6.45, 7) is 1.73. The van der Waals surface area contributed by atoms with E-state index in [1.165, 1.54) is 24.3 Å². The highest BCUT2D eigenvalue weighted by molar-refractivity contribution is 7.85. The Bertz CT molecular complexity index is 474. The first-order valence-corrected chi connectivity index (χ1v) is 6.04. The maximum absolute atomic E-state index is 10.8. The Labute approximate surface area is 93.5 Å². The fourth-order valence-electron chi connectivity index (χ4n) is 1.35. The molecule has 0 spiro atoms. The molecule has 16 heavy (non-hydrogen) atoms. The topological polar surface area (TPSA) is 91.7 Å². The van der Waals surface area contributed by atoms with E-state index in [9.17, 15) is 13.2 Å². The minimum atomic E-state index is -4.18. The molecule has 0 aliphatic rings. The van der Waals surface area contributed by atoms with Crippen LogP contribution in [0.3, 0.4) is 0 Å². The summed E-state index contributed by atoms with van der Waals surface area (Å²) < 4.78 is 30.2. The SMILES string of the molecule is CC(CC(=O)O)c1ccc(S(=O)(=O)O)cc1. The molecule has 0 heterocycles. The first-order valence-electron chi connectivity index (χ1n) is 4.60. The van der Waals surface area contributed by atoms with Gasteiger partial charge in [0, 0.05) is 0 Å². The minimum Gasteiger partial charge on any atom is -0.481 e. The number of hydrogen-bond donors (Lipinski definition) is 2. The van der Waals surface area contributed by atoms with Gasteiger partial charge in [-0.15, -0.1) is 0 Å². The lowest BCUT2D eigenvalue weighted by molar-refractivity contribution is -0.137. The number of hydrogen-bond acceptors (Lipinski definition) is 3. The molecule has 0 aliphatic heterocycles. The predicted molar refractivity (Wildman–Crippen MR) is 56.9 cm³/mol. The Morgan fingerprint density at radius 3 is 2.19 bits per heavy atom. The van der Waals surface area contributed by atoms with Crippen molar-refractivity contribution in [3.05, 3.63) is 29.8 Å². The minimum absolute atomic E-state index is 0.0226. The Kier molecular flexibility index (Phi) is 3.66. The van der Waals surface area contributed by atoms with E-state index in [0.29, 0.717) is 0 Å². The van der Waals surface area contributed by atoms with Gasteiger partial charge in [-0.05, 0) is 23.6 Å². The lowest BCUT2D eigenvalue weighted by Crippen LogP contribution is -2.03. The van der Waals surface area contributed by atoms with Crippen LogP contribution in [0.1, 0.15) is 24.8 Å². The second-order valence-electron chi connectivity index (χ2n) is 3.54. The van der Waals surface area contributed by atoms with Gasteiger partial charge >= 0.3 is 5.97 Å². The molecular weight excluding hydrogens is 232 g/mol. The third kappa shape index (κ3) is 3.32. The van der Waals surface area contributed by atoms with Gasteiger partial charge in [0.15, 0.2) is 0 Å². The van der Waals surface area contributed by atoms with Crippen LogP contribution in [0.15, 0.2) is 29.2 Å². The molecule has 0 aromatic heterocycles. The summed E-state index contributed by atoms with van der Waals surface area (Å²) in [7, 11) is -4.18. The summed E-state index contributed by atoms with van der Waals surface area (Å²) in [5.74, 6) is -1.11. The highest BCUT2D eigenvalue weighted by atomic mass is 32.2. The summed E-state index contributed by atoms with van der Waals surface area (Å²) in [6.07, 6.45) is -0.0226. The van der Waals surface area contributed by atoms with Crippen molar-refractivity contribution in [1.82, 2.24) is 0 Å². The summed E-state index contributed by atoms with van der Waals surface area (Å²) in [4.78, 5) is 10.3. The van der Waals surface area contributed by atoms with Gasteiger partial charge in [0.25, 0.3) is 10.1 Å². The lowest BCUT2D eigenvalue weighted by Gasteiger charge is -2.09. The van der Waals surface area contributed by atoms with Crippen LogP contribution in [-0.4, -0.2) is 24.0 Å². The lowest BCUT2D eigenvalue weighted by atomic mass is 9.98. The number of rotatable bonds is 4. The Morgan fingerprint density at radius 1 is 1.31 bits per heavy atom. The normalized spacial score (nSPS) is 13.4. The molecule has 1 rings (SSSR count). The zero-order chi connectivity index (χ0) is 12.3. The highest BCUT2D eigenvalue weighted by Gasteiger charge is 2.12. The van der Waals surface area contributed by atoms with Crippen molar-refractivity contribution in [2.24, 2.45) is 0 Å². The van der Waals surface area contributed by atoms with E-state index in [2.05, 4.69) is 0 Å². The third-order valence-corrected chi connectivity index (χ3v) is 3.10. The van der Waals surface area contributed by atoms with Crippen molar-refractivity contribution in [1.29, 1.82) is 0 Å². The van der Waals surface area contributed by atoms with Gasteiger partial charge in [-0.2, -0.15) is 8.42 Å². The quantitative estimate of drug-likeness (QED) is 0.783. The van der Waals surface area contributed by atoms with Crippen LogP contribution in [0.4, 0.5) is 0 Å². The van der Waals surface area contributed by atoms with Crippen molar-refractivity contribution in [3.8, 4) is 0 Å². The van der Waals surface area contributed by atoms with Crippen LogP contribution in [0.5, 0.6) is 0 Å². The van der Waals surface area contributed by atoms with Crippen LogP contribution in [0, 0.1) is 0 Å². The Hall–Kier alpha value is -1.40. The number of aliphatic carboxylic acids is 1. The van der Waals surface area contributed by atoms with E-state index in [-0.39, 0.29) is 17.2 Å². The van der Waals surface area contributed by atoms with Gasteiger partial charge in [0.2, 0.25) is 0 Å². The zero-order valence-corrected chi connectivity index (χ0v) is 9.44. The van der Waals surface area contributed by atoms with Gasteiger partial charge in [-0.25, -0.2) is 0 Å². The van der Waals surface area contributed by atoms with Gasteiger partial charge in [-0.1, -0.05) is 19.1 Å². The van der Waals surface area contributed by atoms with E-state index in [1.54, 1.807) is 6.92 Å². The molecule has 0 fully saturated rings. The second kappa shape index (κ2) is 4.63. The Morgan fingerprint density at radius 2 is 1.81 bits per heavy atom. The number of carbonyl (C=O) groups is 1. The maximum atomic E-state index is 10.8. The Balaban J connectivity index is 2.91. The van der Waals surface area contributed by atoms with Crippen molar-refractivity contribution in [2.45, 2.75) is 24.2 Å². The molecule has 0 radical (unpaired) electrons. The molecule has 5 nitrogen and oxygen atoms in total. The standard InChI is InChI=1S/C10H12O5S/c1-7(6-10(11)12)8-2-4-9(5-3-8)16(13,14)15/h2-5,7H,6H2,1H3,(H,11,12)(H,13,14,15). The average molecular weight is 244 g/mol. The van der Waals surface area contributed by atoms with E-state index in [1.807, 2.05) is 0 Å². The maximum Gasteiger partial charge on any atom is 0.303 e. The zero-order valence-electron chi connectivity index (χ0n) is 8.62. The van der Waals surface area contributed by atoms with E-state index < -0.39 is 16.1 Å². The number of benzene rings is 1.